The van der Waals surface area contributed by atoms with Gasteiger partial charge in [-0.2, -0.15) is 5.54 Å². The molecule has 1 aromatic carbocycles. The Kier molecular flexibility index (Phi) is 3.33. The minimum Gasteiger partial charge on any atom is -0.297 e. The standard InChI is InChI=1S/C8H7FN2OS/c9-11-8(13)10-7(12)6-4-2-1-3-5-6/h1-5H,(H2,10,11,12,13). The Morgan fingerprint density at radius 3 is 2.46 bits per heavy atom. The molecular formula is C8H7FN2OS. The second-order valence-electron chi connectivity index (χ2n) is 2.24. The summed E-state index contributed by atoms with van der Waals surface area (Å²) in [6.45, 7) is 0. The number of nitrogens with one attached hydrogen (secondary N) is 2. The SMILES string of the molecule is O=C(NC(=S)NF)c1ccccc1. The number of halogens is 1. The molecule has 0 saturated carbocycles. The zero-order chi connectivity index (χ0) is 9.68. The average Bonchev–Trinajstić information content (AvgIpc) is 2.19. The summed E-state index contributed by atoms with van der Waals surface area (Å²) in [5, 5.41) is 1.81. The molecule has 0 saturated heterocycles. The molecule has 1 rings (SSSR count). The number of carbonyl (C=O) groups is 1. The molecule has 0 atom stereocenters. The molecule has 0 aliphatic rings. The van der Waals surface area contributed by atoms with E-state index in [0.717, 1.165) is 0 Å². The molecule has 0 spiro atoms. The van der Waals surface area contributed by atoms with E-state index in [4.69, 9.17) is 0 Å². The second kappa shape index (κ2) is 4.51. The first-order valence-electron chi connectivity index (χ1n) is 3.51. The molecule has 0 bridgehead atoms. The first-order chi connectivity index (χ1) is 6.24. The zero-order valence-corrected chi connectivity index (χ0v) is 7.40. The molecule has 68 valence electrons. The summed E-state index contributed by atoms with van der Waals surface area (Å²) in [5.41, 5.74) is 1.60. The smallest absolute Gasteiger partial charge is 0.257 e. The molecule has 13 heavy (non-hydrogen) atoms. The maximum absolute atomic E-state index is 11.7. The number of thiocarbonyl (C=S) groups is 1. The van der Waals surface area contributed by atoms with Crippen molar-refractivity contribution in [2.75, 3.05) is 0 Å². The van der Waals surface area contributed by atoms with E-state index in [1.807, 2.05) is 0 Å². The third-order valence-electron chi connectivity index (χ3n) is 1.35. The van der Waals surface area contributed by atoms with E-state index >= 15 is 0 Å². The van der Waals surface area contributed by atoms with Crippen LogP contribution in [0.25, 0.3) is 0 Å². The number of hydrogen-bond acceptors (Lipinski definition) is 2. The number of amides is 1. The van der Waals surface area contributed by atoms with Gasteiger partial charge in [0.05, 0.1) is 0 Å². The highest BCUT2D eigenvalue weighted by atomic mass is 32.1. The first-order valence-corrected chi connectivity index (χ1v) is 3.92. The molecule has 3 nitrogen and oxygen atoms in total. The predicted molar refractivity (Wildman–Crippen MR) is 50.7 cm³/mol. The van der Waals surface area contributed by atoms with Crippen LogP contribution in [0.5, 0.6) is 0 Å². The Bertz CT molecular complexity index is 315. The lowest BCUT2D eigenvalue weighted by Gasteiger charge is -2.02. The summed E-state index contributed by atoms with van der Waals surface area (Å²) in [6, 6.07) is 8.41. The number of benzene rings is 1. The summed E-state index contributed by atoms with van der Waals surface area (Å²) in [5.74, 6) is -0.434. The Hall–Kier alpha value is -1.49. The van der Waals surface area contributed by atoms with E-state index in [-0.39, 0.29) is 5.11 Å². The topological polar surface area (TPSA) is 41.1 Å². The minimum atomic E-state index is -0.434. The van der Waals surface area contributed by atoms with Gasteiger partial charge in [0.25, 0.3) is 5.91 Å². The van der Waals surface area contributed by atoms with Gasteiger partial charge in [-0.05, 0) is 24.4 Å². The Balaban J connectivity index is 2.65. The maximum atomic E-state index is 11.7. The lowest BCUT2D eigenvalue weighted by molar-refractivity contribution is 0.0975. The molecular weight excluding hydrogens is 191 g/mol. The summed E-state index contributed by atoms with van der Waals surface area (Å²) in [7, 11) is 0. The minimum absolute atomic E-state index is 0.339. The van der Waals surface area contributed by atoms with Gasteiger partial charge in [0, 0.05) is 5.56 Å². The summed E-state index contributed by atoms with van der Waals surface area (Å²) < 4.78 is 11.7. The van der Waals surface area contributed by atoms with Crippen molar-refractivity contribution < 1.29 is 9.28 Å². The van der Waals surface area contributed by atoms with E-state index in [9.17, 15) is 9.28 Å². The third kappa shape index (κ3) is 2.79. The molecule has 0 aliphatic heterocycles. The van der Waals surface area contributed by atoms with Crippen LogP contribution in [0.15, 0.2) is 30.3 Å². The van der Waals surface area contributed by atoms with Crippen LogP contribution in [0, 0.1) is 0 Å². The van der Waals surface area contributed by atoms with Crippen LogP contribution < -0.4 is 10.9 Å². The van der Waals surface area contributed by atoms with Gasteiger partial charge in [-0.15, -0.1) is 4.48 Å². The molecule has 5 heteroatoms. The molecule has 1 aromatic rings. The highest BCUT2D eigenvalue weighted by Crippen LogP contribution is 1.97. The summed E-state index contributed by atoms with van der Waals surface area (Å²) in [6.07, 6.45) is 0. The van der Waals surface area contributed by atoms with Gasteiger partial charge in [-0.3, -0.25) is 10.1 Å². The Labute approximate surface area is 79.9 Å². The van der Waals surface area contributed by atoms with Crippen molar-refractivity contribution in [2.45, 2.75) is 0 Å². The zero-order valence-electron chi connectivity index (χ0n) is 6.58. The highest BCUT2D eigenvalue weighted by Gasteiger charge is 2.05. The maximum Gasteiger partial charge on any atom is 0.257 e. The lowest BCUT2D eigenvalue weighted by atomic mass is 10.2. The highest BCUT2D eigenvalue weighted by molar-refractivity contribution is 7.80. The average molecular weight is 198 g/mol. The van der Waals surface area contributed by atoms with Crippen LogP contribution in [-0.2, 0) is 0 Å². The first kappa shape index (κ1) is 9.60. The molecule has 2 N–H and O–H groups in total. The van der Waals surface area contributed by atoms with Gasteiger partial charge in [-0.1, -0.05) is 18.2 Å². The van der Waals surface area contributed by atoms with Crippen LogP contribution in [0.2, 0.25) is 0 Å². The second-order valence-corrected chi connectivity index (χ2v) is 2.65. The van der Waals surface area contributed by atoms with Crippen molar-refractivity contribution in [3.63, 3.8) is 0 Å². The largest absolute Gasteiger partial charge is 0.297 e. The monoisotopic (exact) mass is 198 g/mol. The van der Waals surface area contributed by atoms with Gasteiger partial charge in [0.15, 0.2) is 0 Å². The van der Waals surface area contributed by atoms with Crippen molar-refractivity contribution in [1.82, 2.24) is 10.9 Å². The Morgan fingerprint density at radius 1 is 1.31 bits per heavy atom. The van der Waals surface area contributed by atoms with Crippen LogP contribution in [0.4, 0.5) is 4.48 Å². The van der Waals surface area contributed by atoms with E-state index in [1.54, 1.807) is 30.3 Å². The van der Waals surface area contributed by atoms with E-state index in [2.05, 4.69) is 17.5 Å². The van der Waals surface area contributed by atoms with Crippen molar-refractivity contribution >= 4 is 23.2 Å². The van der Waals surface area contributed by atoms with Crippen molar-refractivity contribution in [3.05, 3.63) is 35.9 Å². The van der Waals surface area contributed by atoms with E-state index in [1.165, 1.54) is 5.54 Å². The fraction of sp³-hybridized carbons (Fsp3) is 0. The molecule has 1 amide bonds. The van der Waals surface area contributed by atoms with Crippen molar-refractivity contribution in [2.24, 2.45) is 0 Å². The molecule has 0 fully saturated rings. The molecule has 0 radical (unpaired) electrons. The quantitative estimate of drug-likeness (QED) is 0.526. The van der Waals surface area contributed by atoms with Gasteiger partial charge in [0.2, 0.25) is 5.11 Å². The predicted octanol–water partition coefficient (Wildman–Crippen LogP) is 1.18. The number of carbonyl (C=O) groups excluding carboxylic acids is 1. The van der Waals surface area contributed by atoms with Crippen LogP contribution in [0.3, 0.4) is 0 Å². The van der Waals surface area contributed by atoms with E-state index in [0.29, 0.717) is 5.56 Å². The third-order valence-corrected chi connectivity index (χ3v) is 1.53. The summed E-state index contributed by atoms with van der Waals surface area (Å²) >= 11 is 4.41. The van der Waals surface area contributed by atoms with E-state index < -0.39 is 5.91 Å². The van der Waals surface area contributed by atoms with Crippen molar-refractivity contribution in [3.8, 4) is 0 Å². The fourth-order valence-electron chi connectivity index (χ4n) is 0.788. The Morgan fingerprint density at radius 2 is 1.92 bits per heavy atom. The molecule has 0 aromatic heterocycles. The lowest BCUT2D eigenvalue weighted by Crippen LogP contribution is -2.35. The van der Waals surface area contributed by atoms with Crippen LogP contribution in [-0.4, -0.2) is 11.0 Å². The molecule has 0 heterocycles. The van der Waals surface area contributed by atoms with Crippen LogP contribution in [0.1, 0.15) is 10.4 Å². The number of hydrogen-bond donors (Lipinski definition) is 2. The van der Waals surface area contributed by atoms with Gasteiger partial charge < -0.3 is 0 Å². The molecule has 0 unspecified atom stereocenters. The van der Waals surface area contributed by atoms with Gasteiger partial charge >= 0.3 is 0 Å². The fourth-order valence-corrected chi connectivity index (χ4v) is 0.881. The normalized spacial score (nSPS) is 9.00. The molecule has 0 aliphatic carbocycles. The number of rotatable bonds is 1. The van der Waals surface area contributed by atoms with Crippen molar-refractivity contribution in [1.29, 1.82) is 0 Å². The van der Waals surface area contributed by atoms with Gasteiger partial charge in [0.1, 0.15) is 0 Å². The summed E-state index contributed by atoms with van der Waals surface area (Å²) in [4.78, 5) is 11.2. The van der Waals surface area contributed by atoms with Gasteiger partial charge in [-0.25, -0.2) is 0 Å². The van der Waals surface area contributed by atoms with Crippen LogP contribution >= 0.6 is 12.2 Å².